The fraction of sp³-hybridized carbons (Fsp3) is 0.280. The number of ether oxygens (including phenoxy) is 1. The summed E-state index contributed by atoms with van der Waals surface area (Å²) in [6.45, 7) is 4.79. The van der Waals surface area contributed by atoms with E-state index in [1.54, 1.807) is 27.4 Å². The van der Waals surface area contributed by atoms with Crippen LogP contribution >= 0.6 is 15.9 Å². The number of esters is 1. The van der Waals surface area contributed by atoms with Gasteiger partial charge in [0.2, 0.25) is 0 Å². The molecule has 0 spiro atoms. The standard InChI is InChI=1S/C25H25BrN4O4/c1-15(2)13-29-22-20(23(31)28(3)25(29)33)21(17-8-6-9-18(12-17)24(32)34-4)30(27-22)14-16-7-5-10-19(26)11-16/h5-12,15H,13-14H2,1-4H3. The predicted octanol–water partition coefficient (Wildman–Crippen LogP) is 3.82. The first-order valence-electron chi connectivity index (χ1n) is 10.8. The Morgan fingerprint density at radius 2 is 1.85 bits per heavy atom. The van der Waals surface area contributed by atoms with Crippen LogP contribution in [-0.2, 0) is 24.9 Å². The number of methoxy groups -OCH3 is 1. The lowest BCUT2D eigenvalue weighted by Crippen LogP contribution is -2.38. The van der Waals surface area contributed by atoms with Crippen molar-refractivity contribution in [3.8, 4) is 11.3 Å². The molecule has 0 saturated carbocycles. The van der Waals surface area contributed by atoms with Crippen LogP contribution in [0, 0.1) is 5.92 Å². The molecule has 0 bridgehead atoms. The highest BCUT2D eigenvalue weighted by molar-refractivity contribution is 9.10. The van der Waals surface area contributed by atoms with Crippen molar-refractivity contribution in [2.45, 2.75) is 26.9 Å². The van der Waals surface area contributed by atoms with Crippen molar-refractivity contribution in [1.82, 2.24) is 18.9 Å². The molecule has 0 aliphatic rings. The molecule has 0 saturated heterocycles. The van der Waals surface area contributed by atoms with Crippen molar-refractivity contribution >= 4 is 32.9 Å². The summed E-state index contributed by atoms with van der Waals surface area (Å²) in [6, 6.07) is 14.7. The zero-order valence-corrected chi connectivity index (χ0v) is 21.0. The Labute approximate surface area is 204 Å². The Hall–Kier alpha value is -3.46. The van der Waals surface area contributed by atoms with E-state index in [9.17, 15) is 14.4 Å². The Balaban J connectivity index is 2.07. The number of carbonyl (C=O) groups excluding carboxylic acids is 1. The average Bonchev–Trinajstić information content (AvgIpc) is 3.18. The van der Waals surface area contributed by atoms with Gasteiger partial charge in [0.15, 0.2) is 5.65 Å². The van der Waals surface area contributed by atoms with Crippen LogP contribution in [0.25, 0.3) is 22.3 Å². The van der Waals surface area contributed by atoms with E-state index in [-0.39, 0.29) is 5.92 Å². The highest BCUT2D eigenvalue weighted by Gasteiger charge is 2.23. The molecule has 0 fully saturated rings. The number of aromatic nitrogens is 4. The number of hydrogen-bond acceptors (Lipinski definition) is 5. The molecule has 0 unspecified atom stereocenters. The van der Waals surface area contributed by atoms with Gasteiger partial charge in [0.25, 0.3) is 5.56 Å². The molecular formula is C25H25BrN4O4. The highest BCUT2D eigenvalue weighted by Crippen LogP contribution is 2.28. The molecule has 0 aliphatic heterocycles. The summed E-state index contributed by atoms with van der Waals surface area (Å²) >= 11 is 3.50. The Morgan fingerprint density at radius 3 is 2.53 bits per heavy atom. The van der Waals surface area contributed by atoms with Crippen molar-refractivity contribution in [3.63, 3.8) is 0 Å². The van der Waals surface area contributed by atoms with Crippen LogP contribution in [0.4, 0.5) is 0 Å². The molecule has 34 heavy (non-hydrogen) atoms. The monoisotopic (exact) mass is 524 g/mol. The molecular weight excluding hydrogens is 500 g/mol. The second-order valence-electron chi connectivity index (χ2n) is 8.56. The quantitative estimate of drug-likeness (QED) is 0.358. The lowest BCUT2D eigenvalue weighted by atomic mass is 10.1. The van der Waals surface area contributed by atoms with E-state index in [2.05, 4.69) is 15.9 Å². The summed E-state index contributed by atoms with van der Waals surface area (Å²) in [4.78, 5) is 38.6. The molecule has 176 valence electrons. The third kappa shape index (κ3) is 4.35. The fourth-order valence-electron chi connectivity index (χ4n) is 4.02. The topological polar surface area (TPSA) is 88.1 Å². The van der Waals surface area contributed by atoms with Gasteiger partial charge in [0, 0.05) is 23.6 Å². The van der Waals surface area contributed by atoms with E-state index < -0.39 is 17.2 Å². The molecule has 4 aromatic rings. The molecule has 2 heterocycles. The Bertz CT molecular complexity index is 1510. The van der Waals surface area contributed by atoms with Crippen LogP contribution in [0.15, 0.2) is 62.6 Å². The van der Waals surface area contributed by atoms with Crippen molar-refractivity contribution in [2.24, 2.45) is 13.0 Å². The van der Waals surface area contributed by atoms with Gasteiger partial charge in [0.05, 0.1) is 24.9 Å². The number of hydrogen-bond donors (Lipinski definition) is 0. The van der Waals surface area contributed by atoms with Gasteiger partial charge in [-0.1, -0.05) is 54.0 Å². The van der Waals surface area contributed by atoms with Crippen LogP contribution in [0.2, 0.25) is 0 Å². The average molecular weight is 525 g/mol. The molecule has 9 heteroatoms. The molecule has 0 aliphatic carbocycles. The maximum Gasteiger partial charge on any atom is 0.337 e. The van der Waals surface area contributed by atoms with E-state index in [0.29, 0.717) is 40.9 Å². The van der Waals surface area contributed by atoms with Gasteiger partial charge in [-0.2, -0.15) is 5.10 Å². The van der Waals surface area contributed by atoms with Gasteiger partial charge in [-0.3, -0.25) is 18.6 Å². The van der Waals surface area contributed by atoms with E-state index >= 15 is 0 Å². The van der Waals surface area contributed by atoms with E-state index in [1.807, 2.05) is 44.2 Å². The number of carbonyl (C=O) groups is 1. The number of nitrogens with zero attached hydrogens (tertiary/aromatic N) is 4. The summed E-state index contributed by atoms with van der Waals surface area (Å²) < 4.78 is 10.2. The van der Waals surface area contributed by atoms with Crippen molar-refractivity contribution in [1.29, 1.82) is 0 Å². The first kappa shape index (κ1) is 23.7. The zero-order chi connectivity index (χ0) is 24.6. The SMILES string of the molecule is COC(=O)c1cccc(-c2c3c(=O)n(C)c(=O)n(CC(C)C)c3nn2Cc2cccc(Br)c2)c1. The number of halogens is 1. The van der Waals surface area contributed by atoms with E-state index in [4.69, 9.17) is 9.84 Å². The molecule has 4 rings (SSSR count). The van der Waals surface area contributed by atoms with Gasteiger partial charge < -0.3 is 4.74 Å². The summed E-state index contributed by atoms with van der Waals surface area (Å²) in [5, 5.41) is 5.09. The molecule has 0 radical (unpaired) electrons. The minimum atomic E-state index is -0.478. The number of rotatable bonds is 6. The number of fused-ring (bicyclic) bond motifs is 1. The lowest BCUT2D eigenvalue weighted by molar-refractivity contribution is 0.0601. The van der Waals surface area contributed by atoms with E-state index in [1.165, 1.54) is 14.2 Å². The molecule has 0 atom stereocenters. The maximum absolute atomic E-state index is 13.4. The number of benzene rings is 2. The molecule has 2 aromatic heterocycles. The fourth-order valence-corrected chi connectivity index (χ4v) is 4.47. The Morgan fingerprint density at radius 1 is 1.12 bits per heavy atom. The normalized spacial score (nSPS) is 11.4. The Kier molecular flexibility index (Phi) is 6.56. The summed E-state index contributed by atoms with van der Waals surface area (Å²) in [5.74, 6) is -0.312. The van der Waals surface area contributed by atoms with Crippen LogP contribution in [0.5, 0.6) is 0 Å². The largest absolute Gasteiger partial charge is 0.465 e. The van der Waals surface area contributed by atoms with Crippen molar-refractivity contribution < 1.29 is 9.53 Å². The molecule has 2 aromatic carbocycles. The predicted molar refractivity (Wildman–Crippen MR) is 134 cm³/mol. The van der Waals surface area contributed by atoms with Crippen LogP contribution in [-0.4, -0.2) is 32.0 Å². The molecule has 0 amide bonds. The first-order valence-corrected chi connectivity index (χ1v) is 11.6. The second kappa shape index (κ2) is 9.42. The minimum absolute atomic E-state index is 0.166. The smallest absolute Gasteiger partial charge is 0.337 e. The highest BCUT2D eigenvalue weighted by atomic mass is 79.9. The van der Waals surface area contributed by atoms with Crippen LogP contribution < -0.4 is 11.2 Å². The van der Waals surface area contributed by atoms with Crippen LogP contribution in [0.3, 0.4) is 0 Å². The third-order valence-corrected chi connectivity index (χ3v) is 6.05. The van der Waals surface area contributed by atoms with Gasteiger partial charge in [-0.15, -0.1) is 0 Å². The maximum atomic E-state index is 13.4. The minimum Gasteiger partial charge on any atom is -0.465 e. The summed E-state index contributed by atoms with van der Waals surface area (Å²) in [5.41, 5.74) is 1.98. The van der Waals surface area contributed by atoms with Crippen LogP contribution in [0.1, 0.15) is 29.8 Å². The lowest BCUT2D eigenvalue weighted by Gasteiger charge is -2.11. The van der Waals surface area contributed by atoms with Gasteiger partial charge in [-0.05, 0) is 35.7 Å². The van der Waals surface area contributed by atoms with Gasteiger partial charge in [-0.25, -0.2) is 9.59 Å². The molecule has 0 N–H and O–H groups in total. The van der Waals surface area contributed by atoms with Gasteiger partial charge >= 0.3 is 11.7 Å². The van der Waals surface area contributed by atoms with Gasteiger partial charge in [0.1, 0.15) is 5.39 Å². The van der Waals surface area contributed by atoms with E-state index in [0.717, 1.165) is 14.6 Å². The zero-order valence-electron chi connectivity index (χ0n) is 19.4. The second-order valence-corrected chi connectivity index (χ2v) is 9.47. The summed E-state index contributed by atoms with van der Waals surface area (Å²) in [6.07, 6.45) is 0. The molecule has 8 nitrogen and oxygen atoms in total. The van der Waals surface area contributed by atoms with Crippen molar-refractivity contribution in [2.75, 3.05) is 7.11 Å². The van der Waals surface area contributed by atoms with Crippen molar-refractivity contribution in [3.05, 3.63) is 85.0 Å². The first-order chi connectivity index (χ1) is 16.2. The third-order valence-electron chi connectivity index (χ3n) is 5.55. The summed E-state index contributed by atoms with van der Waals surface area (Å²) in [7, 11) is 2.80.